The summed E-state index contributed by atoms with van der Waals surface area (Å²) in [5.74, 6) is 0. The van der Waals surface area contributed by atoms with Gasteiger partial charge in [-0.15, -0.1) is 0 Å². The highest BCUT2D eigenvalue weighted by Gasteiger charge is 1.93. The molecule has 1 atom stereocenters. The van der Waals surface area contributed by atoms with Crippen LogP contribution in [0.15, 0.2) is 4.99 Å². The van der Waals surface area contributed by atoms with Gasteiger partial charge < -0.3 is 5.73 Å². The minimum absolute atomic E-state index is 0.412. The Morgan fingerprint density at radius 1 is 1.67 bits per heavy atom. The number of aliphatic imine (C=N–C) groups is 1. The van der Waals surface area contributed by atoms with Crippen LogP contribution in [0.2, 0.25) is 0 Å². The lowest BCUT2D eigenvalue weighted by molar-refractivity contribution is 0.619. The summed E-state index contributed by atoms with van der Waals surface area (Å²) < 4.78 is 0. The largest absolute Gasteiger partial charge is 0.390 e. The maximum atomic E-state index is 5.11. The van der Waals surface area contributed by atoms with Gasteiger partial charge in [-0.1, -0.05) is 19.8 Å². The predicted octanol–water partition coefficient (Wildman–Crippen LogP) is 1.55. The van der Waals surface area contributed by atoms with Crippen LogP contribution in [0.1, 0.15) is 33.1 Å². The lowest BCUT2D eigenvalue weighted by Gasteiger charge is -2.01. The molecule has 0 aromatic heterocycles. The summed E-state index contributed by atoms with van der Waals surface area (Å²) in [5.41, 5.74) is 5.11. The molecule has 0 radical (unpaired) electrons. The minimum atomic E-state index is 0.412. The molecule has 54 valence electrons. The van der Waals surface area contributed by atoms with Crippen molar-refractivity contribution in [2.75, 3.05) is 0 Å². The molecule has 2 heteroatoms. The molecule has 9 heavy (non-hydrogen) atoms. The second-order valence-electron chi connectivity index (χ2n) is 2.29. The molecule has 0 rings (SSSR count). The summed E-state index contributed by atoms with van der Waals surface area (Å²) in [6.07, 6.45) is 5.04. The molecule has 0 aliphatic carbocycles. The van der Waals surface area contributed by atoms with Crippen LogP contribution in [0.5, 0.6) is 0 Å². The average molecular weight is 128 g/mol. The van der Waals surface area contributed by atoms with E-state index in [2.05, 4.69) is 18.8 Å². The van der Waals surface area contributed by atoms with E-state index in [0.29, 0.717) is 6.04 Å². The smallest absolute Gasteiger partial charge is 0.0801 e. The third-order valence-electron chi connectivity index (χ3n) is 1.32. The van der Waals surface area contributed by atoms with E-state index in [0.717, 1.165) is 6.42 Å². The summed E-state index contributed by atoms with van der Waals surface area (Å²) in [6, 6.07) is 0.412. The fraction of sp³-hybridized carbons (Fsp3) is 0.857. The van der Waals surface area contributed by atoms with Gasteiger partial charge in [0.05, 0.1) is 6.34 Å². The minimum Gasteiger partial charge on any atom is -0.390 e. The highest BCUT2D eigenvalue weighted by Crippen LogP contribution is 2.01. The van der Waals surface area contributed by atoms with Gasteiger partial charge in [-0.25, -0.2) is 0 Å². The molecule has 0 aromatic carbocycles. The van der Waals surface area contributed by atoms with Crippen LogP contribution in [0, 0.1) is 0 Å². The maximum Gasteiger partial charge on any atom is 0.0801 e. The Bertz CT molecular complexity index is 79.0. The van der Waals surface area contributed by atoms with Crippen molar-refractivity contribution in [1.82, 2.24) is 0 Å². The third kappa shape index (κ3) is 5.34. The standard InChI is InChI=1S/C7H16N2/c1-3-4-5-7(2)9-6-8/h6-7H,3-5H2,1-2H3,(H2,8,9). The number of nitrogens with zero attached hydrogens (tertiary/aromatic N) is 1. The molecule has 0 spiro atoms. The van der Waals surface area contributed by atoms with Crippen molar-refractivity contribution < 1.29 is 0 Å². The Balaban J connectivity index is 3.15. The second kappa shape index (κ2) is 5.60. The fourth-order valence-electron chi connectivity index (χ4n) is 0.721. The van der Waals surface area contributed by atoms with Gasteiger partial charge in [0.25, 0.3) is 0 Å². The Morgan fingerprint density at radius 2 is 2.33 bits per heavy atom. The maximum absolute atomic E-state index is 5.11. The van der Waals surface area contributed by atoms with Gasteiger partial charge in [0.2, 0.25) is 0 Å². The molecule has 2 nitrogen and oxygen atoms in total. The van der Waals surface area contributed by atoms with Gasteiger partial charge in [0.1, 0.15) is 0 Å². The highest BCUT2D eigenvalue weighted by atomic mass is 14.8. The van der Waals surface area contributed by atoms with Crippen LogP contribution in [0.25, 0.3) is 0 Å². The van der Waals surface area contributed by atoms with E-state index in [-0.39, 0.29) is 0 Å². The highest BCUT2D eigenvalue weighted by molar-refractivity contribution is 5.51. The number of unbranched alkanes of at least 4 members (excludes halogenated alkanes) is 1. The first-order valence-electron chi connectivity index (χ1n) is 3.54. The molecule has 0 aliphatic heterocycles. The van der Waals surface area contributed by atoms with Gasteiger partial charge in [-0.3, -0.25) is 4.99 Å². The van der Waals surface area contributed by atoms with Crippen molar-refractivity contribution in [3.63, 3.8) is 0 Å². The quantitative estimate of drug-likeness (QED) is 0.453. The molecule has 0 saturated heterocycles. The monoisotopic (exact) mass is 128 g/mol. The molecular formula is C7H16N2. The van der Waals surface area contributed by atoms with Crippen LogP contribution in [0.3, 0.4) is 0 Å². The molecule has 0 amide bonds. The van der Waals surface area contributed by atoms with E-state index in [4.69, 9.17) is 5.73 Å². The fourth-order valence-corrected chi connectivity index (χ4v) is 0.721. The third-order valence-corrected chi connectivity index (χ3v) is 1.32. The van der Waals surface area contributed by atoms with Gasteiger partial charge in [0.15, 0.2) is 0 Å². The van der Waals surface area contributed by atoms with Crippen molar-refractivity contribution >= 4 is 6.34 Å². The average Bonchev–Trinajstić information content (AvgIpc) is 1.85. The SMILES string of the molecule is CCCCC(C)N=CN. The molecular weight excluding hydrogens is 112 g/mol. The lowest BCUT2D eigenvalue weighted by Crippen LogP contribution is -2.00. The predicted molar refractivity (Wildman–Crippen MR) is 41.7 cm³/mol. The molecule has 0 aliphatic rings. The number of nitrogens with two attached hydrogens (primary N) is 1. The first kappa shape index (κ1) is 8.47. The van der Waals surface area contributed by atoms with E-state index >= 15 is 0 Å². The summed E-state index contributed by atoms with van der Waals surface area (Å²) in [4.78, 5) is 4.01. The molecule has 2 N–H and O–H groups in total. The number of hydrogen-bond acceptors (Lipinski definition) is 1. The molecule has 0 aromatic rings. The van der Waals surface area contributed by atoms with E-state index < -0.39 is 0 Å². The summed E-state index contributed by atoms with van der Waals surface area (Å²) in [7, 11) is 0. The van der Waals surface area contributed by atoms with E-state index in [9.17, 15) is 0 Å². The zero-order valence-corrected chi connectivity index (χ0v) is 6.30. The molecule has 1 unspecified atom stereocenters. The van der Waals surface area contributed by atoms with Crippen LogP contribution < -0.4 is 5.73 Å². The van der Waals surface area contributed by atoms with Crippen molar-refractivity contribution in [3.05, 3.63) is 0 Å². The van der Waals surface area contributed by atoms with Crippen molar-refractivity contribution in [1.29, 1.82) is 0 Å². The Hall–Kier alpha value is -0.530. The van der Waals surface area contributed by atoms with Crippen LogP contribution >= 0.6 is 0 Å². The molecule has 0 bridgehead atoms. The summed E-state index contributed by atoms with van der Waals surface area (Å²) in [5, 5.41) is 0. The molecule has 0 fully saturated rings. The van der Waals surface area contributed by atoms with E-state index in [1.165, 1.54) is 19.2 Å². The zero-order valence-electron chi connectivity index (χ0n) is 6.30. The molecule has 0 saturated carbocycles. The zero-order chi connectivity index (χ0) is 7.11. The first-order chi connectivity index (χ1) is 4.31. The van der Waals surface area contributed by atoms with Crippen molar-refractivity contribution in [2.45, 2.75) is 39.2 Å². The normalized spacial score (nSPS) is 14.4. The van der Waals surface area contributed by atoms with Crippen LogP contribution in [-0.2, 0) is 0 Å². The van der Waals surface area contributed by atoms with Crippen molar-refractivity contribution in [3.8, 4) is 0 Å². The summed E-state index contributed by atoms with van der Waals surface area (Å²) in [6.45, 7) is 4.26. The van der Waals surface area contributed by atoms with Crippen molar-refractivity contribution in [2.24, 2.45) is 10.7 Å². The Labute approximate surface area is 57.2 Å². The van der Waals surface area contributed by atoms with Gasteiger partial charge in [0, 0.05) is 6.04 Å². The second-order valence-corrected chi connectivity index (χ2v) is 2.29. The Morgan fingerprint density at radius 3 is 2.78 bits per heavy atom. The summed E-state index contributed by atoms with van der Waals surface area (Å²) >= 11 is 0. The Kier molecular flexibility index (Phi) is 5.27. The number of rotatable bonds is 4. The van der Waals surface area contributed by atoms with Gasteiger partial charge >= 0.3 is 0 Å². The lowest BCUT2D eigenvalue weighted by atomic mass is 10.1. The van der Waals surface area contributed by atoms with Crippen LogP contribution in [0.4, 0.5) is 0 Å². The van der Waals surface area contributed by atoms with Gasteiger partial charge in [-0.2, -0.15) is 0 Å². The first-order valence-corrected chi connectivity index (χ1v) is 3.54. The van der Waals surface area contributed by atoms with E-state index in [1.54, 1.807) is 0 Å². The van der Waals surface area contributed by atoms with Gasteiger partial charge in [-0.05, 0) is 13.3 Å². The topological polar surface area (TPSA) is 38.4 Å². The molecule has 0 heterocycles. The number of hydrogen-bond donors (Lipinski definition) is 1. The van der Waals surface area contributed by atoms with E-state index in [1.807, 2.05) is 0 Å². The van der Waals surface area contributed by atoms with Crippen LogP contribution in [-0.4, -0.2) is 12.4 Å².